The van der Waals surface area contributed by atoms with Gasteiger partial charge in [0.15, 0.2) is 0 Å². The maximum absolute atomic E-state index is 12.7. The van der Waals surface area contributed by atoms with Gasteiger partial charge in [0.1, 0.15) is 17.2 Å². The van der Waals surface area contributed by atoms with Crippen LogP contribution in [0.5, 0.6) is 17.2 Å². The van der Waals surface area contributed by atoms with E-state index < -0.39 is 9.05 Å². The summed E-state index contributed by atoms with van der Waals surface area (Å²) in [4.78, 5) is 15.2. The highest BCUT2D eigenvalue weighted by Gasteiger charge is 2.54. The molecule has 0 radical (unpaired) electrons. The van der Waals surface area contributed by atoms with Crippen molar-refractivity contribution >= 4 is 9.05 Å². The molecule has 3 aromatic carbocycles. The third-order valence-electron chi connectivity index (χ3n) is 8.23. The summed E-state index contributed by atoms with van der Waals surface area (Å²) in [6.07, 6.45) is 0. The average molecular weight is 588 g/mol. The minimum atomic E-state index is -4.43. The zero-order valence-electron chi connectivity index (χ0n) is 27.7. The molecule has 0 saturated carbocycles. The molecule has 2 bridgehead atoms. The van der Waals surface area contributed by atoms with Crippen LogP contribution >= 0.6 is 0 Å². The number of nitrogens with zero attached hydrogens (tertiary/aromatic N) is 1. The second-order valence-corrected chi connectivity index (χ2v) is 17.3. The standard InChI is InChI=1S/C36H49NO4Si/c1-22-13-25-19-37-20-26-14-23(2)17-29(35(7,8)9)32(26)40-42(38,39-31(25)28(16-22)34(4,5)6)41-33-27(21-37)15-24(3)18-30(33)36(10,11)12/h13-18,38H,19-21H2,1-12H3. The summed E-state index contributed by atoms with van der Waals surface area (Å²) < 4.78 is 20.5. The third kappa shape index (κ3) is 5.99. The molecule has 3 aromatic rings. The van der Waals surface area contributed by atoms with Crippen molar-refractivity contribution < 1.29 is 18.1 Å². The largest absolute Gasteiger partial charge is 0.890 e. The molecule has 226 valence electrons. The molecule has 0 aromatic heterocycles. The summed E-state index contributed by atoms with van der Waals surface area (Å²) >= 11 is 0. The Morgan fingerprint density at radius 1 is 0.524 bits per heavy atom. The smallest absolute Gasteiger partial charge is 0.461 e. The van der Waals surface area contributed by atoms with Gasteiger partial charge in [-0.05, 0) is 53.7 Å². The van der Waals surface area contributed by atoms with Gasteiger partial charge in [0.25, 0.3) is 0 Å². The first-order valence-corrected chi connectivity index (χ1v) is 16.8. The van der Waals surface area contributed by atoms with Gasteiger partial charge >= 0.3 is 9.05 Å². The van der Waals surface area contributed by atoms with Crippen LogP contribution in [0.15, 0.2) is 36.4 Å². The molecule has 6 heteroatoms. The predicted molar refractivity (Wildman–Crippen MR) is 172 cm³/mol. The Morgan fingerprint density at radius 3 is 1.02 bits per heavy atom. The zero-order chi connectivity index (χ0) is 31.0. The fourth-order valence-corrected chi connectivity index (χ4v) is 7.89. The Hall–Kier alpha value is -2.80. The Labute approximate surface area is 254 Å². The number of hydrogen-bond acceptors (Lipinski definition) is 5. The van der Waals surface area contributed by atoms with Crippen LogP contribution in [0.4, 0.5) is 0 Å². The normalized spacial score (nSPS) is 20.6. The van der Waals surface area contributed by atoms with Crippen LogP contribution in [0.3, 0.4) is 0 Å². The maximum Gasteiger partial charge on any atom is 0.890 e. The van der Waals surface area contributed by atoms with E-state index in [0.29, 0.717) is 36.9 Å². The molecule has 0 unspecified atom stereocenters. The molecule has 0 fully saturated rings. The fraction of sp³-hybridized carbons (Fsp3) is 0.500. The Bertz CT molecular complexity index is 1360. The molecule has 0 spiro atoms. The Kier molecular flexibility index (Phi) is 7.40. The average Bonchev–Trinajstić information content (AvgIpc) is 2.81. The van der Waals surface area contributed by atoms with E-state index >= 15 is 0 Å². The monoisotopic (exact) mass is 587 g/mol. The van der Waals surface area contributed by atoms with Gasteiger partial charge in [-0.15, -0.1) is 0 Å². The molecule has 0 aliphatic carbocycles. The highest BCUT2D eigenvalue weighted by Crippen LogP contribution is 2.45. The lowest BCUT2D eigenvalue weighted by Crippen LogP contribution is -2.57. The number of rotatable bonds is 0. The molecule has 1 N–H and O–H groups in total. The van der Waals surface area contributed by atoms with Gasteiger partial charge in [-0.1, -0.05) is 115 Å². The summed E-state index contributed by atoms with van der Waals surface area (Å²) in [5.41, 5.74) is 9.08. The molecule has 3 heterocycles. The molecule has 42 heavy (non-hydrogen) atoms. The van der Waals surface area contributed by atoms with E-state index in [-0.39, 0.29) is 16.2 Å². The van der Waals surface area contributed by atoms with Crippen molar-refractivity contribution in [2.75, 3.05) is 0 Å². The zero-order valence-corrected chi connectivity index (χ0v) is 28.7. The van der Waals surface area contributed by atoms with Gasteiger partial charge in [-0.3, -0.25) is 4.90 Å². The molecule has 5 nitrogen and oxygen atoms in total. The van der Waals surface area contributed by atoms with E-state index in [4.69, 9.17) is 13.3 Å². The van der Waals surface area contributed by atoms with Crippen LogP contribution in [0.25, 0.3) is 0 Å². The van der Waals surface area contributed by atoms with Gasteiger partial charge in [0.05, 0.1) is 0 Å². The van der Waals surface area contributed by atoms with Crippen LogP contribution in [-0.4, -0.2) is 18.7 Å². The first-order chi connectivity index (χ1) is 19.2. The lowest BCUT2D eigenvalue weighted by molar-refractivity contribution is 0.132. The number of hydrogen-bond donors (Lipinski definition) is 1. The summed E-state index contributed by atoms with van der Waals surface area (Å²) in [6, 6.07) is 13.1. The molecule has 3 aliphatic heterocycles. The minimum Gasteiger partial charge on any atom is -0.461 e. The van der Waals surface area contributed by atoms with E-state index in [1.54, 1.807) is 0 Å². The maximum atomic E-state index is 12.7. The Morgan fingerprint density at radius 2 is 0.786 bits per heavy atom. The highest BCUT2D eigenvalue weighted by molar-refractivity contribution is 6.54. The molecule has 0 atom stereocenters. The predicted octanol–water partition coefficient (Wildman–Crippen LogP) is 8.30. The van der Waals surface area contributed by atoms with E-state index in [2.05, 4.69) is 124 Å². The number of aryl methyl sites for hydroxylation is 3. The summed E-state index contributed by atoms with van der Waals surface area (Å²) in [5.74, 6) is 2.02. The summed E-state index contributed by atoms with van der Waals surface area (Å²) in [6.45, 7) is 28.0. The van der Waals surface area contributed by atoms with Gasteiger partial charge in [0.2, 0.25) is 0 Å². The van der Waals surface area contributed by atoms with Crippen LogP contribution in [0, 0.1) is 20.8 Å². The van der Waals surface area contributed by atoms with E-state index in [1.807, 2.05) is 0 Å². The number of benzene rings is 3. The first kappa shape index (κ1) is 30.6. The molecular weight excluding hydrogens is 538 g/mol. The van der Waals surface area contributed by atoms with Gasteiger partial charge in [-0.2, -0.15) is 0 Å². The van der Waals surface area contributed by atoms with Crippen molar-refractivity contribution in [2.45, 2.75) is 119 Å². The van der Waals surface area contributed by atoms with E-state index in [9.17, 15) is 4.80 Å². The molecular formula is C36H49NO4Si. The second kappa shape index (κ2) is 10.1. The van der Waals surface area contributed by atoms with Crippen molar-refractivity contribution in [2.24, 2.45) is 0 Å². The van der Waals surface area contributed by atoms with E-state index in [1.165, 1.54) is 16.7 Å². The fourth-order valence-electron chi connectivity index (χ4n) is 6.27. The highest BCUT2D eigenvalue weighted by atomic mass is 28.4. The summed E-state index contributed by atoms with van der Waals surface area (Å²) in [5, 5.41) is 0. The van der Waals surface area contributed by atoms with Crippen LogP contribution < -0.4 is 13.3 Å². The van der Waals surface area contributed by atoms with Crippen LogP contribution in [0.1, 0.15) is 112 Å². The quantitative estimate of drug-likeness (QED) is 0.268. The molecule has 3 aliphatic rings. The molecule has 6 rings (SSSR count). The van der Waals surface area contributed by atoms with Crippen molar-refractivity contribution in [3.05, 3.63) is 86.5 Å². The van der Waals surface area contributed by atoms with Crippen molar-refractivity contribution in [3.8, 4) is 17.2 Å². The molecule has 0 saturated heterocycles. The van der Waals surface area contributed by atoms with Gasteiger partial charge in [0, 0.05) is 36.3 Å². The van der Waals surface area contributed by atoms with Crippen LogP contribution in [0.2, 0.25) is 0 Å². The van der Waals surface area contributed by atoms with Gasteiger partial charge < -0.3 is 18.1 Å². The summed E-state index contributed by atoms with van der Waals surface area (Å²) in [7, 11) is -4.43. The van der Waals surface area contributed by atoms with Crippen LogP contribution in [-0.2, 0) is 35.9 Å². The van der Waals surface area contributed by atoms with Gasteiger partial charge in [-0.25, -0.2) is 0 Å². The van der Waals surface area contributed by atoms with Crippen molar-refractivity contribution in [1.29, 1.82) is 0 Å². The Balaban J connectivity index is 1.86. The SMILES string of the molecule is Cc1cc2c(c(C(C)(C)C)c1)O[Si]1(O)Oc3c(cc(C)cc3C(C)(C)C)CN(C2)Cc2cc(C)cc(C(C)(C)C)c2O1. The molecule has 0 amide bonds. The van der Waals surface area contributed by atoms with Crippen molar-refractivity contribution in [3.63, 3.8) is 0 Å². The van der Waals surface area contributed by atoms with Crippen molar-refractivity contribution in [1.82, 2.24) is 4.90 Å². The lowest BCUT2D eigenvalue weighted by Gasteiger charge is -2.38. The van der Waals surface area contributed by atoms with E-state index in [0.717, 1.165) is 33.4 Å². The lowest BCUT2D eigenvalue weighted by atomic mass is 9.83. The first-order valence-electron chi connectivity index (χ1n) is 15.2. The second-order valence-electron chi connectivity index (χ2n) is 15.6. The topological polar surface area (TPSA) is 51.2 Å². The minimum absolute atomic E-state index is 0.221. The third-order valence-corrected chi connectivity index (χ3v) is 9.62.